The number of fused-ring (bicyclic) bond motifs is 1. The molecule has 6 nitrogen and oxygen atoms in total. The Morgan fingerprint density at radius 3 is 2.64 bits per heavy atom. The monoisotopic (exact) mass is 499 g/mol. The molecule has 0 radical (unpaired) electrons. The highest BCUT2D eigenvalue weighted by Gasteiger charge is 2.18. The van der Waals surface area contributed by atoms with Crippen LogP contribution >= 0.6 is 11.3 Å². The average Bonchev–Trinajstić information content (AvgIpc) is 3.52. The lowest BCUT2D eigenvalue weighted by Crippen LogP contribution is -2.34. The van der Waals surface area contributed by atoms with E-state index in [0.29, 0.717) is 42.1 Å². The summed E-state index contributed by atoms with van der Waals surface area (Å²) in [5.74, 6) is 1.36. The van der Waals surface area contributed by atoms with Gasteiger partial charge in [-0.05, 0) is 54.7 Å². The molecule has 0 saturated carbocycles. The Morgan fingerprint density at radius 1 is 1.06 bits per heavy atom. The van der Waals surface area contributed by atoms with E-state index >= 15 is 0 Å². The molecule has 0 spiro atoms. The van der Waals surface area contributed by atoms with Gasteiger partial charge in [-0.15, -0.1) is 11.3 Å². The summed E-state index contributed by atoms with van der Waals surface area (Å²) in [5, 5.41) is 13.4. The summed E-state index contributed by atoms with van der Waals surface area (Å²) < 4.78 is 5.55. The van der Waals surface area contributed by atoms with Crippen LogP contribution in [0.5, 0.6) is 0 Å². The molecule has 0 bridgehead atoms. The van der Waals surface area contributed by atoms with Gasteiger partial charge >= 0.3 is 0 Å². The van der Waals surface area contributed by atoms with Gasteiger partial charge in [-0.2, -0.15) is 0 Å². The Morgan fingerprint density at radius 2 is 1.89 bits per heavy atom. The minimum atomic E-state index is -0.573. The maximum absolute atomic E-state index is 13.2. The van der Waals surface area contributed by atoms with Crippen LogP contribution in [0.2, 0.25) is 0 Å². The van der Waals surface area contributed by atoms with Crippen LogP contribution < -0.4 is 5.56 Å². The molecule has 5 aromatic rings. The van der Waals surface area contributed by atoms with Crippen molar-refractivity contribution in [2.45, 2.75) is 39.5 Å². The fraction of sp³-hybridized carbons (Fsp3) is 0.241. The summed E-state index contributed by atoms with van der Waals surface area (Å²) in [6.07, 6.45) is 1.61. The van der Waals surface area contributed by atoms with Crippen molar-refractivity contribution in [3.63, 3.8) is 0 Å². The number of aryl methyl sites for hydroxylation is 2. The minimum Gasteiger partial charge on any atom is -0.468 e. The zero-order valence-electron chi connectivity index (χ0n) is 20.4. The lowest BCUT2D eigenvalue weighted by atomic mass is 10.0. The molecule has 0 fully saturated rings. The lowest BCUT2D eigenvalue weighted by molar-refractivity contribution is 0.0988. The van der Waals surface area contributed by atoms with Crippen molar-refractivity contribution in [3.8, 4) is 11.1 Å². The van der Waals surface area contributed by atoms with Gasteiger partial charge in [0.05, 0.1) is 30.8 Å². The molecule has 5 rings (SSSR count). The Labute approximate surface area is 213 Å². The molecular weight excluding hydrogens is 470 g/mol. The van der Waals surface area contributed by atoms with Crippen molar-refractivity contribution in [3.05, 3.63) is 111 Å². The van der Waals surface area contributed by atoms with Crippen LogP contribution in [-0.2, 0) is 19.5 Å². The highest BCUT2D eigenvalue weighted by atomic mass is 32.1. The Bertz CT molecular complexity index is 1510. The van der Waals surface area contributed by atoms with Crippen molar-refractivity contribution in [2.24, 2.45) is 0 Å². The molecule has 7 heteroatoms. The van der Waals surface area contributed by atoms with Crippen molar-refractivity contribution >= 4 is 21.6 Å². The van der Waals surface area contributed by atoms with E-state index in [1.165, 1.54) is 22.5 Å². The fourth-order valence-corrected chi connectivity index (χ4v) is 5.43. The first-order valence-corrected chi connectivity index (χ1v) is 12.9. The maximum Gasteiger partial charge on any atom is 0.260 e. The van der Waals surface area contributed by atoms with Gasteiger partial charge in [0.15, 0.2) is 0 Å². The molecule has 36 heavy (non-hydrogen) atoms. The van der Waals surface area contributed by atoms with Crippen LogP contribution in [0, 0.1) is 13.8 Å². The average molecular weight is 500 g/mol. The molecule has 3 aromatic heterocycles. The van der Waals surface area contributed by atoms with Crippen molar-refractivity contribution in [2.75, 3.05) is 6.54 Å². The van der Waals surface area contributed by atoms with E-state index in [0.717, 1.165) is 22.5 Å². The van der Waals surface area contributed by atoms with Gasteiger partial charge in [-0.3, -0.25) is 9.69 Å². The van der Waals surface area contributed by atoms with Gasteiger partial charge < -0.3 is 14.5 Å². The molecule has 0 saturated heterocycles. The first-order chi connectivity index (χ1) is 17.5. The molecule has 2 aromatic carbocycles. The summed E-state index contributed by atoms with van der Waals surface area (Å²) in [4.78, 5) is 23.7. The Kier molecular flexibility index (Phi) is 7.13. The van der Waals surface area contributed by atoms with E-state index in [1.807, 2.05) is 52.7 Å². The zero-order valence-corrected chi connectivity index (χ0v) is 21.2. The highest BCUT2D eigenvalue weighted by Crippen LogP contribution is 2.31. The smallest absolute Gasteiger partial charge is 0.260 e. The van der Waals surface area contributed by atoms with Crippen LogP contribution in [0.15, 0.2) is 81.5 Å². The number of thiophene rings is 1. The number of hydrogen-bond acceptors (Lipinski definition) is 6. The molecule has 0 aliphatic carbocycles. The molecule has 1 unspecified atom stereocenters. The van der Waals surface area contributed by atoms with Gasteiger partial charge in [-0.25, -0.2) is 4.98 Å². The molecule has 0 aliphatic rings. The SMILES string of the molecule is Cc1ccc(-c2csc3nc(CN(Cc4ccco4)CC(O)Cc4ccccc4)[nH]c(=O)c23)cc1C. The summed E-state index contributed by atoms with van der Waals surface area (Å²) in [6, 6.07) is 19.9. The predicted octanol–water partition coefficient (Wildman–Crippen LogP) is 5.47. The third-order valence-electron chi connectivity index (χ3n) is 6.43. The molecule has 0 amide bonds. The van der Waals surface area contributed by atoms with Gasteiger partial charge in [0.2, 0.25) is 0 Å². The van der Waals surface area contributed by atoms with E-state index in [4.69, 9.17) is 9.40 Å². The number of aliphatic hydroxyl groups is 1. The van der Waals surface area contributed by atoms with Crippen LogP contribution in [0.25, 0.3) is 21.3 Å². The molecule has 2 N–H and O–H groups in total. The topological polar surface area (TPSA) is 82.4 Å². The normalized spacial score (nSPS) is 12.4. The number of hydrogen-bond donors (Lipinski definition) is 2. The number of benzene rings is 2. The summed E-state index contributed by atoms with van der Waals surface area (Å²) in [5.41, 5.74) is 5.27. The summed E-state index contributed by atoms with van der Waals surface area (Å²) in [7, 11) is 0. The predicted molar refractivity (Wildman–Crippen MR) is 144 cm³/mol. The molecular formula is C29H29N3O3S. The Hall–Kier alpha value is -3.52. The molecule has 1 atom stereocenters. The van der Waals surface area contributed by atoms with Crippen molar-refractivity contribution in [1.29, 1.82) is 0 Å². The third kappa shape index (κ3) is 5.49. The van der Waals surface area contributed by atoms with Crippen LogP contribution in [0.1, 0.15) is 28.3 Å². The number of aromatic nitrogens is 2. The highest BCUT2D eigenvalue weighted by molar-refractivity contribution is 7.17. The van der Waals surface area contributed by atoms with Gasteiger partial charge in [0, 0.05) is 17.5 Å². The lowest BCUT2D eigenvalue weighted by Gasteiger charge is -2.24. The molecule has 184 valence electrons. The van der Waals surface area contributed by atoms with Crippen LogP contribution in [0.3, 0.4) is 0 Å². The number of rotatable bonds is 9. The quantitative estimate of drug-likeness (QED) is 0.281. The molecule has 0 aliphatic heterocycles. The van der Waals surface area contributed by atoms with Crippen molar-refractivity contribution < 1.29 is 9.52 Å². The fourth-order valence-electron chi connectivity index (χ4n) is 4.46. The molecule has 3 heterocycles. The van der Waals surface area contributed by atoms with E-state index in [2.05, 4.69) is 37.0 Å². The van der Waals surface area contributed by atoms with E-state index < -0.39 is 6.10 Å². The first kappa shape index (κ1) is 24.2. The summed E-state index contributed by atoms with van der Waals surface area (Å²) >= 11 is 1.48. The van der Waals surface area contributed by atoms with Crippen molar-refractivity contribution in [1.82, 2.24) is 14.9 Å². The second kappa shape index (κ2) is 10.6. The number of aliphatic hydroxyl groups excluding tert-OH is 1. The number of nitrogens with one attached hydrogen (secondary N) is 1. The largest absolute Gasteiger partial charge is 0.468 e. The van der Waals surface area contributed by atoms with Gasteiger partial charge in [-0.1, -0.05) is 48.5 Å². The standard InChI is InChI=1S/C29H29N3O3S/c1-19-10-11-22(13-20(19)2)25-18-36-29-27(25)28(34)30-26(31-29)17-32(16-24-9-6-12-35-24)15-23(33)14-21-7-4-3-5-8-21/h3-13,18,23,33H,14-17H2,1-2H3,(H,30,31,34). The van der Waals surface area contributed by atoms with E-state index in [9.17, 15) is 9.90 Å². The second-order valence-electron chi connectivity index (χ2n) is 9.23. The van der Waals surface area contributed by atoms with E-state index in [1.54, 1.807) is 6.26 Å². The van der Waals surface area contributed by atoms with Gasteiger partial charge in [0.1, 0.15) is 16.4 Å². The number of aromatic amines is 1. The Balaban J connectivity index is 1.40. The number of furan rings is 1. The number of nitrogens with zero attached hydrogens (tertiary/aromatic N) is 2. The minimum absolute atomic E-state index is 0.146. The summed E-state index contributed by atoms with van der Waals surface area (Å²) in [6.45, 7) is 5.45. The first-order valence-electron chi connectivity index (χ1n) is 12.0. The zero-order chi connectivity index (χ0) is 25.1. The maximum atomic E-state index is 13.2. The van der Waals surface area contributed by atoms with E-state index in [-0.39, 0.29) is 5.56 Å². The third-order valence-corrected chi connectivity index (χ3v) is 7.30. The second-order valence-corrected chi connectivity index (χ2v) is 10.1. The van der Waals surface area contributed by atoms with Gasteiger partial charge in [0.25, 0.3) is 5.56 Å². The van der Waals surface area contributed by atoms with Crippen LogP contribution in [-0.4, -0.2) is 32.6 Å². The number of H-pyrrole nitrogens is 1. The van der Waals surface area contributed by atoms with Crippen LogP contribution in [0.4, 0.5) is 0 Å².